The molecule has 0 unspecified atom stereocenters. The van der Waals surface area contributed by atoms with Crippen molar-refractivity contribution in [2.45, 2.75) is 0 Å². The van der Waals surface area contributed by atoms with Crippen LogP contribution < -0.4 is 14.0 Å². The fourth-order valence-electron chi connectivity index (χ4n) is 1.56. The lowest BCUT2D eigenvalue weighted by molar-refractivity contribution is -0.647. The average molecular weight is 209 g/mol. The fraction of sp³-hybridized carbons (Fsp3) is 0.444. The lowest BCUT2D eigenvalue weighted by atomic mass is 10.5. The Labute approximate surface area is 87.1 Å². The predicted molar refractivity (Wildman–Crippen MR) is 52.8 cm³/mol. The molecule has 80 valence electrons. The predicted octanol–water partition coefficient (Wildman–Crippen LogP) is -0.190. The van der Waals surface area contributed by atoms with Gasteiger partial charge < -0.3 is 9.47 Å². The Morgan fingerprint density at radius 3 is 2.60 bits per heavy atom. The first-order valence-corrected chi connectivity index (χ1v) is 4.48. The van der Waals surface area contributed by atoms with E-state index in [1.807, 2.05) is 29.6 Å². The molecule has 0 amide bonds. The van der Waals surface area contributed by atoms with E-state index in [4.69, 9.17) is 9.47 Å². The van der Waals surface area contributed by atoms with Gasteiger partial charge >= 0.3 is 11.7 Å². The van der Waals surface area contributed by atoms with Crippen LogP contribution in [0.15, 0.2) is 6.33 Å². The van der Waals surface area contributed by atoms with Crippen LogP contribution in [0.4, 0.5) is 0 Å². The molecule has 2 rings (SSSR count). The minimum Gasteiger partial charge on any atom is -0.478 e. The van der Waals surface area contributed by atoms with Crippen LogP contribution in [0.1, 0.15) is 0 Å². The zero-order valence-electron chi connectivity index (χ0n) is 9.18. The quantitative estimate of drug-likeness (QED) is 0.643. The van der Waals surface area contributed by atoms with Gasteiger partial charge in [-0.25, -0.2) is 4.57 Å². The van der Waals surface area contributed by atoms with Crippen LogP contribution in [-0.2, 0) is 14.1 Å². The zero-order valence-corrected chi connectivity index (χ0v) is 9.18. The Morgan fingerprint density at radius 2 is 2.00 bits per heavy atom. The van der Waals surface area contributed by atoms with Crippen molar-refractivity contribution < 1.29 is 14.0 Å². The Bertz CT molecular complexity index is 506. The van der Waals surface area contributed by atoms with Crippen LogP contribution in [0, 0.1) is 0 Å². The summed E-state index contributed by atoms with van der Waals surface area (Å²) in [7, 11) is 6.94. The molecule has 0 bridgehead atoms. The van der Waals surface area contributed by atoms with Crippen LogP contribution in [-0.4, -0.2) is 28.8 Å². The van der Waals surface area contributed by atoms with Gasteiger partial charge in [-0.15, -0.1) is 4.98 Å². The van der Waals surface area contributed by atoms with Crippen molar-refractivity contribution in [1.29, 1.82) is 0 Å². The Balaban J connectivity index is 2.83. The number of aromatic nitrogens is 4. The highest BCUT2D eigenvalue weighted by atomic mass is 16.5. The molecule has 0 fully saturated rings. The molecule has 2 aromatic rings. The number of rotatable bonds is 2. The summed E-state index contributed by atoms with van der Waals surface area (Å²) >= 11 is 0. The highest BCUT2D eigenvalue weighted by Gasteiger charge is 2.21. The molecule has 15 heavy (non-hydrogen) atoms. The Hall–Kier alpha value is -1.85. The standard InChI is InChI=1S/C9H13N4O2/c1-12-5-13(2)7-6(12)8(14-3)11-9(10-7)15-4/h5H,1-4H3/q+1. The average Bonchev–Trinajstić information content (AvgIpc) is 2.53. The number of nitrogens with zero attached hydrogens (tertiary/aromatic N) is 4. The van der Waals surface area contributed by atoms with Gasteiger partial charge in [-0.05, 0) is 4.98 Å². The lowest BCUT2D eigenvalue weighted by Gasteiger charge is -1.99. The van der Waals surface area contributed by atoms with Gasteiger partial charge in [-0.1, -0.05) is 0 Å². The number of imidazole rings is 1. The van der Waals surface area contributed by atoms with Crippen LogP contribution in [0.5, 0.6) is 11.9 Å². The van der Waals surface area contributed by atoms with E-state index in [9.17, 15) is 0 Å². The lowest BCUT2D eigenvalue weighted by Crippen LogP contribution is -2.26. The largest absolute Gasteiger partial charge is 0.478 e. The number of aryl methyl sites for hydroxylation is 2. The second-order valence-corrected chi connectivity index (χ2v) is 3.23. The van der Waals surface area contributed by atoms with E-state index >= 15 is 0 Å². The van der Waals surface area contributed by atoms with E-state index in [1.54, 1.807) is 7.11 Å². The van der Waals surface area contributed by atoms with Gasteiger partial charge in [0, 0.05) is 0 Å². The molecule has 0 aliphatic carbocycles. The maximum absolute atomic E-state index is 5.20. The normalized spacial score (nSPS) is 10.7. The number of hydrogen-bond acceptors (Lipinski definition) is 4. The Morgan fingerprint density at radius 1 is 1.27 bits per heavy atom. The molecule has 0 saturated heterocycles. The summed E-state index contributed by atoms with van der Waals surface area (Å²) in [5.74, 6) is 0.514. The van der Waals surface area contributed by atoms with E-state index in [-0.39, 0.29) is 0 Å². The minimum absolute atomic E-state index is 0.307. The molecule has 0 aromatic carbocycles. The number of methoxy groups -OCH3 is 2. The number of hydrogen-bond donors (Lipinski definition) is 0. The SMILES string of the molecule is COc1nc(OC)c2c(n1)[n+](C)cn2C. The van der Waals surface area contributed by atoms with Crippen molar-refractivity contribution in [2.24, 2.45) is 14.1 Å². The van der Waals surface area contributed by atoms with Crippen molar-refractivity contribution in [1.82, 2.24) is 14.5 Å². The molecule has 0 aliphatic rings. The molecule has 6 nitrogen and oxygen atoms in total. The summed E-state index contributed by atoms with van der Waals surface area (Å²) in [6.07, 6.45) is 1.90. The van der Waals surface area contributed by atoms with Crippen molar-refractivity contribution >= 4 is 11.2 Å². The molecule has 0 aliphatic heterocycles. The third kappa shape index (κ3) is 1.38. The summed E-state index contributed by atoms with van der Waals surface area (Å²) in [6.45, 7) is 0. The fourth-order valence-corrected chi connectivity index (χ4v) is 1.56. The van der Waals surface area contributed by atoms with E-state index in [1.165, 1.54) is 7.11 Å². The van der Waals surface area contributed by atoms with E-state index in [0.717, 1.165) is 11.2 Å². The molecule has 2 aromatic heterocycles. The first-order valence-electron chi connectivity index (χ1n) is 4.48. The van der Waals surface area contributed by atoms with Crippen molar-refractivity contribution in [3.8, 4) is 11.9 Å². The topological polar surface area (TPSA) is 53.1 Å². The molecule has 0 radical (unpaired) electrons. The monoisotopic (exact) mass is 209 g/mol. The minimum atomic E-state index is 0.307. The first kappa shape index (κ1) is 9.70. The van der Waals surface area contributed by atoms with Gasteiger partial charge in [-0.3, -0.25) is 4.57 Å². The van der Waals surface area contributed by atoms with Gasteiger partial charge in [0.2, 0.25) is 5.52 Å². The molecule has 0 N–H and O–H groups in total. The van der Waals surface area contributed by atoms with E-state index in [0.29, 0.717) is 11.9 Å². The zero-order chi connectivity index (χ0) is 11.0. The van der Waals surface area contributed by atoms with Gasteiger partial charge in [0.15, 0.2) is 6.33 Å². The highest BCUT2D eigenvalue weighted by molar-refractivity contribution is 5.73. The maximum Gasteiger partial charge on any atom is 0.398 e. The van der Waals surface area contributed by atoms with Gasteiger partial charge in [0.05, 0.1) is 28.3 Å². The summed E-state index contributed by atoms with van der Waals surface area (Å²) in [5.41, 5.74) is 1.63. The van der Waals surface area contributed by atoms with Crippen molar-refractivity contribution in [2.75, 3.05) is 14.2 Å². The molecular formula is C9H13N4O2+. The van der Waals surface area contributed by atoms with Crippen LogP contribution >= 0.6 is 0 Å². The smallest absolute Gasteiger partial charge is 0.398 e. The molecule has 0 saturated carbocycles. The molecule has 0 spiro atoms. The van der Waals surface area contributed by atoms with Gasteiger partial charge in [0.1, 0.15) is 0 Å². The van der Waals surface area contributed by atoms with Crippen molar-refractivity contribution in [3.05, 3.63) is 6.33 Å². The van der Waals surface area contributed by atoms with Gasteiger partial charge in [-0.2, -0.15) is 0 Å². The summed E-state index contributed by atoms with van der Waals surface area (Å²) < 4.78 is 14.0. The molecule has 0 atom stereocenters. The van der Waals surface area contributed by atoms with Crippen LogP contribution in [0.25, 0.3) is 11.2 Å². The first-order chi connectivity index (χ1) is 7.17. The molecular weight excluding hydrogens is 196 g/mol. The summed E-state index contributed by atoms with van der Waals surface area (Å²) in [5, 5.41) is 0. The van der Waals surface area contributed by atoms with Gasteiger partial charge in [0.25, 0.3) is 5.88 Å². The third-order valence-corrected chi connectivity index (χ3v) is 2.22. The second-order valence-electron chi connectivity index (χ2n) is 3.23. The van der Waals surface area contributed by atoms with Crippen LogP contribution in [0.2, 0.25) is 0 Å². The Kier molecular flexibility index (Phi) is 2.18. The highest BCUT2D eigenvalue weighted by Crippen LogP contribution is 2.21. The van der Waals surface area contributed by atoms with E-state index in [2.05, 4.69) is 9.97 Å². The van der Waals surface area contributed by atoms with E-state index < -0.39 is 0 Å². The molecule has 6 heteroatoms. The number of ether oxygens (including phenoxy) is 2. The third-order valence-electron chi connectivity index (χ3n) is 2.22. The van der Waals surface area contributed by atoms with Crippen molar-refractivity contribution in [3.63, 3.8) is 0 Å². The number of fused-ring (bicyclic) bond motifs is 1. The molecule has 2 heterocycles. The maximum atomic E-state index is 5.20. The summed E-state index contributed by atoms with van der Waals surface area (Å²) in [6, 6.07) is 0.307. The van der Waals surface area contributed by atoms with Crippen LogP contribution in [0.3, 0.4) is 0 Å². The second kappa shape index (κ2) is 3.38. The summed E-state index contributed by atoms with van der Waals surface area (Å²) in [4.78, 5) is 8.37.